The van der Waals surface area contributed by atoms with Crippen molar-refractivity contribution in [2.24, 2.45) is 0 Å². The topological polar surface area (TPSA) is 86.8 Å². The molecule has 1 unspecified atom stereocenters. The largest absolute Gasteiger partial charge is 0.352 e. The number of amides is 2. The van der Waals surface area contributed by atoms with E-state index in [4.69, 9.17) is 0 Å². The van der Waals surface area contributed by atoms with E-state index in [2.05, 4.69) is 5.32 Å². The fourth-order valence-electron chi connectivity index (χ4n) is 5.16. The van der Waals surface area contributed by atoms with Gasteiger partial charge < -0.3 is 10.2 Å². The van der Waals surface area contributed by atoms with Gasteiger partial charge in [0.2, 0.25) is 11.8 Å². The molecule has 0 aromatic heterocycles. The number of benzene rings is 3. The van der Waals surface area contributed by atoms with Gasteiger partial charge >= 0.3 is 0 Å². The molecule has 0 radical (unpaired) electrons. The molecule has 0 saturated heterocycles. The molecule has 1 aliphatic rings. The van der Waals surface area contributed by atoms with Gasteiger partial charge in [0.1, 0.15) is 18.4 Å². The van der Waals surface area contributed by atoms with E-state index in [1.165, 1.54) is 23.1 Å². The number of aryl methyl sites for hydroxylation is 2. The normalized spacial score (nSPS) is 14.7. The van der Waals surface area contributed by atoms with E-state index < -0.39 is 34.3 Å². The predicted molar refractivity (Wildman–Crippen MR) is 158 cm³/mol. The van der Waals surface area contributed by atoms with E-state index >= 15 is 0 Å². The van der Waals surface area contributed by atoms with Crippen molar-refractivity contribution in [3.05, 3.63) is 95.3 Å². The number of nitrogens with zero attached hydrogens (tertiary/aromatic N) is 2. The number of carbonyl (C=O) groups excluding carboxylic acids is 2. The number of anilines is 1. The summed E-state index contributed by atoms with van der Waals surface area (Å²) in [6.07, 6.45) is 4.92. The Morgan fingerprint density at radius 3 is 2.22 bits per heavy atom. The van der Waals surface area contributed by atoms with Crippen LogP contribution in [0.4, 0.5) is 10.1 Å². The lowest BCUT2D eigenvalue weighted by Crippen LogP contribution is -2.53. The van der Waals surface area contributed by atoms with Gasteiger partial charge in [-0.15, -0.1) is 0 Å². The fraction of sp³-hybridized carbons (Fsp3) is 0.375. The number of nitrogens with one attached hydrogen (secondary N) is 1. The number of carbonyl (C=O) groups is 2. The molecule has 0 spiro atoms. The van der Waals surface area contributed by atoms with E-state index in [0.717, 1.165) is 42.0 Å². The molecule has 0 heterocycles. The van der Waals surface area contributed by atoms with Crippen LogP contribution in [0, 0.1) is 19.7 Å². The van der Waals surface area contributed by atoms with Gasteiger partial charge in [-0.25, -0.2) is 12.8 Å². The number of sulfonamides is 1. The summed E-state index contributed by atoms with van der Waals surface area (Å²) in [6, 6.07) is 18.5. The van der Waals surface area contributed by atoms with Crippen LogP contribution < -0.4 is 9.62 Å². The van der Waals surface area contributed by atoms with Crippen LogP contribution in [0.1, 0.15) is 55.7 Å². The Hall–Kier alpha value is -3.72. The molecule has 2 amide bonds. The summed E-state index contributed by atoms with van der Waals surface area (Å²) in [5.41, 5.74) is 2.16. The molecular weight excluding hydrogens is 541 g/mol. The summed E-state index contributed by atoms with van der Waals surface area (Å²) < 4.78 is 43.7. The third-order valence-electron chi connectivity index (χ3n) is 7.69. The van der Waals surface area contributed by atoms with Gasteiger partial charge in [0, 0.05) is 18.2 Å². The summed E-state index contributed by atoms with van der Waals surface area (Å²) in [7, 11) is -4.16. The lowest BCUT2D eigenvalue weighted by molar-refractivity contribution is -0.139. The lowest BCUT2D eigenvalue weighted by Gasteiger charge is -2.33. The zero-order valence-corrected chi connectivity index (χ0v) is 24.7. The highest BCUT2D eigenvalue weighted by Crippen LogP contribution is 2.28. The number of hydrogen-bond donors (Lipinski definition) is 1. The van der Waals surface area contributed by atoms with E-state index in [1.54, 1.807) is 68.4 Å². The standard InChI is InChI=1S/C32H38FN3O4S/c1-23-17-19-28(20-18-23)41(39,40)36(30-16-10-7-11-24(30)2)22-31(37)35(21-26-12-8-9-15-29(26)33)25(3)32(38)34-27-13-5-4-6-14-27/h7-12,15-20,25,27H,4-6,13-14,21-22H2,1-3H3,(H,34,38). The van der Waals surface area contributed by atoms with Crippen molar-refractivity contribution in [3.63, 3.8) is 0 Å². The van der Waals surface area contributed by atoms with Crippen LogP contribution in [-0.4, -0.2) is 43.8 Å². The zero-order chi connectivity index (χ0) is 29.6. The van der Waals surface area contributed by atoms with Crippen LogP contribution in [-0.2, 0) is 26.2 Å². The highest BCUT2D eigenvalue weighted by atomic mass is 32.2. The summed E-state index contributed by atoms with van der Waals surface area (Å²) in [5, 5.41) is 3.05. The van der Waals surface area contributed by atoms with Gasteiger partial charge in [-0.3, -0.25) is 13.9 Å². The maximum Gasteiger partial charge on any atom is 0.264 e. The molecule has 1 N–H and O–H groups in total. The van der Waals surface area contributed by atoms with Crippen molar-refractivity contribution < 1.29 is 22.4 Å². The van der Waals surface area contributed by atoms with Crippen molar-refractivity contribution in [2.45, 2.75) is 76.4 Å². The molecule has 41 heavy (non-hydrogen) atoms. The average Bonchev–Trinajstić information content (AvgIpc) is 2.96. The second-order valence-corrected chi connectivity index (χ2v) is 12.6. The van der Waals surface area contributed by atoms with Gasteiger partial charge in [-0.1, -0.05) is 73.4 Å². The van der Waals surface area contributed by atoms with Gasteiger partial charge in [0.15, 0.2) is 0 Å². The molecule has 3 aromatic rings. The Morgan fingerprint density at radius 1 is 0.927 bits per heavy atom. The Bertz CT molecular complexity index is 1470. The van der Waals surface area contributed by atoms with E-state index in [1.807, 2.05) is 6.92 Å². The predicted octanol–water partition coefficient (Wildman–Crippen LogP) is 5.50. The van der Waals surface area contributed by atoms with Crippen molar-refractivity contribution in [1.29, 1.82) is 0 Å². The molecule has 1 aliphatic carbocycles. The molecule has 7 nitrogen and oxygen atoms in total. The van der Waals surface area contributed by atoms with Crippen molar-refractivity contribution in [3.8, 4) is 0 Å². The Kier molecular flexibility index (Phi) is 9.81. The van der Waals surface area contributed by atoms with Crippen LogP contribution in [0.2, 0.25) is 0 Å². The molecule has 4 rings (SSSR count). The molecule has 0 bridgehead atoms. The summed E-state index contributed by atoms with van der Waals surface area (Å²) in [4.78, 5) is 28.7. The second kappa shape index (κ2) is 13.3. The number of halogens is 1. The number of para-hydroxylation sites is 1. The summed E-state index contributed by atoms with van der Waals surface area (Å²) in [6.45, 7) is 4.49. The van der Waals surface area contributed by atoms with Crippen LogP contribution in [0.5, 0.6) is 0 Å². The van der Waals surface area contributed by atoms with Crippen molar-refractivity contribution >= 4 is 27.5 Å². The van der Waals surface area contributed by atoms with E-state index in [0.29, 0.717) is 11.3 Å². The molecule has 1 atom stereocenters. The molecule has 3 aromatic carbocycles. The molecule has 1 saturated carbocycles. The maximum absolute atomic E-state index is 14.7. The first-order valence-electron chi connectivity index (χ1n) is 14.1. The Balaban J connectivity index is 1.69. The quantitative estimate of drug-likeness (QED) is 0.344. The third-order valence-corrected chi connectivity index (χ3v) is 9.46. The Morgan fingerprint density at radius 2 is 1.56 bits per heavy atom. The molecule has 1 fully saturated rings. The van der Waals surface area contributed by atoms with Crippen LogP contribution in [0.3, 0.4) is 0 Å². The zero-order valence-electron chi connectivity index (χ0n) is 23.8. The number of hydrogen-bond acceptors (Lipinski definition) is 4. The average molecular weight is 580 g/mol. The molecule has 0 aliphatic heterocycles. The van der Waals surface area contributed by atoms with Crippen LogP contribution in [0.15, 0.2) is 77.7 Å². The summed E-state index contributed by atoms with van der Waals surface area (Å²) >= 11 is 0. The first-order chi connectivity index (χ1) is 19.6. The monoisotopic (exact) mass is 579 g/mol. The Labute approximate surface area is 242 Å². The molecule has 218 valence electrons. The lowest BCUT2D eigenvalue weighted by atomic mass is 9.95. The van der Waals surface area contributed by atoms with Gasteiger partial charge in [-0.2, -0.15) is 0 Å². The van der Waals surface area contributed by atoms with Gasteiger partial charge in [0.25, 0.3) is 10.0 Å². The molecular formula is C32H38FN3O4S. The van der Waals surface area contributed by atoms with Crippen molar-refractivity contribution in [1.82, 2.24) is 10.2 Å². The highest BCUT2D eigenvalue weighted by molar-refractivity contribution is 7.92. The van der Waals surface area contributed by atoms with Crippen molar-refractivity contribution in [2.75, 3.05) is 10.8 Å². The fourth-order valence-corrected chi connectivity index (χ4v) is 6.63. The van der Waals surface area contributed by atoms with Gasteiger partial charge in [0.05, 0.1) is 10.6 Å². The van der Waals surface area contributed by atoms with Gasteiger partial charge in [-0.05, 0) is 63.4 Å². The highest BCUT2D eigenvalue weighted by Gasteiger charge is 2.34. The number of rotatable bonds is 10. The first-order valence-corrected chi connectivity index (χ1v) is 15.5. The van der Waals surface area contributed by atoms with Crippen LogP contribution in [0.25, 0.3) is 0 Å². The van der Waals surface area contributed by atoms with E-state index in [-0.39, 0.29) is 29.0 Å². The minimum absolute atomic E-state index is 0.0227. The second-order valence-electron chi connectivity index (χ2n) is 10.7. The van der Waals surface area contributed by atoms with E-state index in [9.17, 15) is 22.4 Å². The molecule has 9 heteroatoms. The smallest absolute Gasteiger partial charge is 0.264 e. The minimum atomic E-state index is -4.16. The third kappa shape index (κ3) is 7.33. The summed E-state index contributed by atoms with van der Waals surface area (Å²) in [5.74, 6) is -1.46. The SMILES string of the molecule is Cc1ccc(S(=O)(=O)N(CC(=O)N(Cc2ccccc2F)C(C)C(=O)NC2CCCCC2)c2ccccc2C)cc1. The van der Waals surface area contributed by atoms with Crippen LogP contribution >= 0.6 is 0 Å². The minimum Gasteiger partial charge on any atom is -0.352 e. The maximum atomic E-state index is 14.7. The first kappa shape index (κ1) is 30.2.